The Balaban J connectivity index is 1.80. The van der Waals surface area contributed by atoms with Gasteiger partial charge in [-0.2, -0.15) is 13.2 Å². The number of ether oxygens (including phenoxy) is 1. The predicted molar refractivity (Wildman–Crippen MR) is 73.5 cm³/mol. The summed E-state index contributed by atoms with van der Waals surface area (Å²) in [5, 5.41) is 0. The van der Waals surface area contributed by atoms with Crippen LogP contribution in [-0.2, 0) is 9.53 Å². The summed E-state index contributed by atoms with van der Waals surface area (Å²) in [6.45, 7) is 3.72. The maximum Gasteiger partial charge on any atom is 0.402 e. The number of rotatable bonds is 4. The Bertz CT molecular complexity index is 370. The Kier molecular flexibility index (Phi) is 5.33. The van der Waals surface area contributed by atoms with Gasteiger partial charge >= 0.3 is 12.1 Å². The van der Waals surface area contributed by atoms with Crippen LogP contribution in [-0.4, -0.2) is 18.2 Å². The molecule has 0 amide bonds. The van der Waals surface area contributed by atoms with Crippen molar-refractivity contribution in [1.82, 2.24) is 0 Å². The molecule has 1 saturated carbocycles. The first-order valence-electron chi connectivity index (χ1n) is 7.80. The van der Waals surface area contributed by atoms with E-state index in [1.807, 2.05) is 6.08 Å². The normalized spacial score (nSPS) is 34.3. The summed E-state index contributed by atoms with van der Waals surface area (Å²) in [5.41, 5.74) is 0. The minimum atomic E-state index is -4.47. The first kappa shape index (κ1) is 16.4. The molecule has 2 nitrogen and oxygen atoms in total. The highest BCUT2D eigenvalue weighted by Crippen LogP contribution is 2.40. The second-order valence-corrected chi connectivity index (χ2v) is 6.29. The molecule has 5 heteroatoms. The first-order valence-corrected chi connectivity index (χ1v) is 7.80. The van der Waals surface area contributed by atoms with Crippen LogP contribution in [0.1, 0.15) is 51.4 Å². The van der Waals surface area contributed by atoms with Gasteiger partial charge in [0, 0.05) is 0 Å². The number of hydrogen-bond acceptors (Lipinski definition) is 2. The number of halogens is 3. The van der Waals surface area contributed by atoms with Crippen LogP contribution < -0.4 is 0 Å². The van der Waals surface area contributed by atoms with E-state index >= 15 is 0 Å². The van der Waals surface area contributed by atoms with Crippen LogP contribution in [0.15, 0.2) is 12.7 Å². The molecule has 0 spiro atoms. The van der Waals surface area contributed by atoms with Crippen LogP contribution in [0.5, 0.6) is 0 Å². The number of allylic oxidation sites excluding steroid dienone is 1. The smallest absolute Gasteiger partial charge is 0.402 e. The number of cyclic esters (lactones) is 1. The maximum absolute atomic E-state index is 12.6. The fraction of sp³-hybridized carbons (Fsp3) is 0.812. The molecule has 2 atom stereocenters. The maximum atomic E-state index is 12.6. The number of carbonyl (C=O) groups is 1. The lowest BCUT2D eigenvalue weighted by Gasteiger charge is -2.37. The molecule has 2 unspecified atom stereocenters. The third-order valence-corrected chi connectivity index (χ3v) is 4.88. The molecule has 0 aromatic heterocycles. The van der Waals surface area contributed by atoms with Crippen molar-refractivity contribution in [3.63, 3.8) is 0 Å². The van der Waals surface area contributed by atoms with Crippen molar-refractivity contribution in [3.8, 4) is 0 Å². The fourth-order valence-electron chi connectivity index (χ4n) is 3.57. The van der Waals surface area contributed by atoms with Crippen LogP contribution in [0.3, 0.4) is 0 Å². The molecule has 1 saturated heterocycles. The van der Waals surface area contributed by atoms with E-state index in [2.05, 4.69) is 6.58 Å². The van der Waals surface area contributed by atoms with Crippen molar-refractivity contribution in [2.45, 2.75) is 63.6 Å². The van der Waals surface area contributed by atoms with Crippen molar-refractivity contribution in [1.29, 1.82) is 0 Å². The minimum absolute atomic E-state index is 0.122. The second kappa shape index (κ2) is 6.84. The van der Waals surface area contributed by atoms with Gasteiger partial charge in [-0.1, -0.05) is 18.9 Å². The molecule has 1 aliphatic carbocycles. The summed E-state index contributed by atoms with van der Waals surface area (Å²) in [5.74, 6) is -2.07. The summed E-state index contributed by atoms with van der Waals surface area (Å²) >= 11 is 0. The molecule has 21 heavy (non-hydrogen) atoms. The van der Waals surface area contributed by atoms with E-state index in [0.29, 0.717) is 12.3 Å². The van der Waals surface area contributed by atoms with Crippen LogP contribution in [0, 0.1) is 17.8 Å². The Morgan fingerprint density at radius 2 is 1.81 bits per heavy atom. The third-order valence-electron chi connectivity index (χ3n) is 4.88. The van der Waals surface area contributed by atoms with Gasteiger partial charge in [-0.25, -0.2) is 0 Å². The average Bonchev–Trinajstić information content (AvgIpc) is 2.44. The lowest BCUT2D eigenvalue weighted by atomic mass is 9.76. The SMILES string of the molecule is C=CCCC1CCC(C2CCC(C(F)(F)F)C(=O)O2)CC1. The average molecular weight is 304 g/mol. The quantitative estimate of drug-likeness (QED) is 0.558. The summed E-state index contributed by atoms with van der Waals surface area (Å²) in [6.07, 6.45) is 3.59. The van der Waals surface area contributed by atoms with Crippen molar-refractivity contribution >= 4 is 5.97 Å². The first-order chi connectivity index (χ1) is 9.91. The molecule has 0 bridgehead atoms. The minimum Gasteiger partial charge on any atom is -0.462 e. The summed E-state index contributed by atoms with van der Waals surface area (Å²) in [7, 11) is 0. The predicted octanol–water partition coefficient (Wildman–Crippen LogP) is 4.64. The van der Waals surface area contributed by atoms with Gasteiger partial charge in [-0.15, -0.1) is 6.58 Å². The van der Waals surface area contributed by atoms with E-state index in [0.717, 1.165) is 38.5 Å². The highest BCUT2D eigenvalue weighted by atomic mass is 19.4. The van der Waals surface area contributed by atoms with Gasteiger partial charge in [0.05, 0.1) is 0 Å². The van der Waals surface area contributed by atoms with Gasteiger partial charge in [0.1, 0.15) is 6.10 Å². The zero-order valence-corrected chi connectivity index (χ0v) is 12.2. The van der Waals surface area contributed by atoms with Crippen molar-refractivity contribution in [2.75, 3.05) is 0 Å². The molecule has 0 aromatic rings. The monoisotopic (exact) mass is 304 g/mol. The largest absolute Gasteiger partial charge is 0.462 e. The van der Waals surface area contributed by atoms with E-state index in [9.17, 15) is 18.0 Å². The topological polar surface area (TPSA) is 26.3 Å². The van der Waals surface area contributed by atoms with E-state index in [1.165, 1.54) is 0 Å². The number of alkyl halides is 3. The molecular weight excluding hydrogens is 281 g/mol. The van der Waals surface area contributed by atoms with Crippen molar-refractivity contribution in [3.05, 3.63) is 12.7 Å². The highest BCUT2D eigenvalue weighted by molar-refractivity contribution is 5.74. The molecule has 2 rings (SSSR count). The van der Waals surface area contributed by atoms with Gasteiger partial charge in [-0.3, -0.25) is 4.79 Å². The Morgan fingerprint density at radius 1 is 1.14 bits per heavy atom. The second-order valence-electron chi connectivity index (χ2n) is 6.29. The Hall–Kier alpha value is -1.00. The van der Waals surface area contributed by atoms with Crippen LogP contribution >= 0.6 is 0 Å². The summed E-state index contributed by atoms with van der Waals surface area (Å²) < 4.78 is 43.0. The molecular formula is C16H23F3O2. The third kappa shape index (κ3) is 4.24. The standard InChI is InChI=1S/C16H23F3O2/c1-2-3-4-11-5-7-12(8-6-11)14-10-9-13(15(20)21-14)16(17,18)19/h2,11-14H,1,3-10H2. The molecule has 1 heterocycles. The lowest BCUT2D eigenvalue weighted by Crippen LogP contribution is -2.42. The summed E-state index contributed by atoms with van der Waals surface area (Å²) in [6, 6.07) is 0. The molecule has 120 valence electrons. The Morgan fingerprint density at radius 3 is 2.33 bits per heavy atom. The Labute approximate surface area is 123 Å². The van der Waals surface area contributed by atoms with E-state index in [4.69, 9.17) is 4.74 Å². The van der Waals surface area contributed by atoms with Crippen LogP contribution in [0.4, 0.5) is 13.2 Å². The van der Waals surface area contributed by atoms with Gasteiger partial charge in [-0.05, 0) is 50.4 Å². The van der Waals surface area contributed by atoms with Gasteiger partial charge < -0.3 is 4.74 Å². The highest BCUT2D eigenvalue weighted by Gasteiger charge is 2.49. The van der Waals surface area contributed by atoms with Crippen LogP contribution in [0.25, 0.3) is 0 Å². The zero-order valence-electron chi connectivity index (χ0n) is 12.2. The summed E-state index contributed by atoms with van der Waals surface area (Å²) in [4.78, 5) is 11.5. The molecule has 1 aliphatic heterocycles. The van der Waals surface area contributed by atoms with E-state index < -0.39 is 18.1 Å². The number of esters is 1. The molecule has 2 fully saturated rings. The lowest BCUT2D eigenvalue weighted by molar-refractivity contribution is -0.214. The van der Waals surface area contributed by atoms with E-state index in [-0.39, 0.29) is 18.4 Å². The molecule has 2 aliphatic rings. The van der Waals surface area contributed by atoms with Gasteiger partial charge in [0.25, 0.3) is 0 Å². The number of carbonyl (C=O) groups excluding carboxylic acids is 1. The molecule has 0 N–H and O–H groups in total. The fourth-order valence-corrected chi connectivity index (χ4v) is 3.57. The zero-order chi connectivity index (χ0) is 15.5. The van der Waals surface area contributed by atoms with Gasteiger partial charge in [0.15, 0.2) is 5.92 Å². The van der Waals surface area contributed by atoms with Crippen molar-refractivity contribution in [2.24, 2.45) is 17.8 Å². The molecule has 0 aromatic carbocycles. The molecule has 0 radical (unpaired) electrons. The van der Waals surface area contributed by atoms with Crippen molar-refractivity contribution < 1.29 is 22.7 Å². The van der Waals surface area contributed by atoms with Gasteiger partial charge in [0.2, 0.25) is 0 Å². The van der Waals surface area contributed by atoms with E-state index in [1.54, 1.807) is 0 Å². The van der Waals surface area contributed by atoms with Crippen LogP contribution in [0.2, 0.25) is 0 Å². The number of hydrogen-bond donors (Lipinski definition) is 0.